The molecule has 0 bridgehead atoms. The van der Waals surface area contributed by atoms with E-state index in [0.29, 0.717) is 12.4 Å². The topological polar surface area (TPSA) is 70.8 Å². The van der Waals surface area contributed by atoms with E-state index in [2.05, 4.69) is 10.4 Å². The van der Waals surface area contributed by atoms with E-state index in [1.165, 1.54) is 25.2 Å². The van der Waals surface area contributed by atoms with Crippen molar-refractivity contribution in [3.05, 3.63) is 70.4 Å². The van der Waals surface area contributed by atoms with Crippen LogP contribution >= 0.6 is 0 Å². The molecule has 0 aliphatic carbocycles. The fourth-order valence-electron chi connectivity index (χ4n) is 3.76. The number of methoxy groups -OCH3 is 1. The number of rotatable bonds is 6. The highest BCUT2D eigenvalue weighted by Crippen LogP contribution is 2.18. The third kappa shape index (κ3) is 4.36. The number of benzene rings is 2. The van der Waals surface area contributed by atoms with E-state index in [9.17, 15) is 9.18 Å². The molecule has 0 amide bonds. The lowest BCUT2D eigenvalue weighted by molar-refractivity contribution is -1.03. The average Bonchev–Trinajstić information content (AvgIpc) is 3.10. The fourth-order valence-corrected chi connectivity index (χ4v) is 3.76. The summed E-state index contributed by atoms with van der Waals surface area (Å²) in [7, 11) is 1.61. The van der Waals surface area contributed by atoms with Crippen LogP contribution in [0.5, 0.6) is 5.75 Å². The molecule has 0 saturated carbocycles. The number of quaternary nitrogens is 2. The predicted octanol–water partition coefficient (Wildman–Crippen LogP) is -1.48. The van der Waals surface area contributed by atoms with Crippen molar-refractivity contribution >= 4 is 0 Å². The third-order valence-electron chi connectivity index (χ3n) is 5.36. The molecule has 0 atom stereocenters. The molecule has 9 heteroatoms. The lowest BCUT2D eigenvalue weighted by atomic mass is 10.1. The second-order valence-corrected chi connectivity index (χ2v) is 7.30. The second-order valence-electron chi connectivity index (χ2n) is 7.30. The zero-order valence-corrected chi connectivity index (χ0v) is 16.3. The van der Waals surface area contributed by atoms with Crippen molar-refractivity contribution in [2.45, 2.75) is 13.2 Å². The molecule has 1 saturated heterocycles. The molecule has 2 N–H and O–H groups in total. The van der Waals surface area contributed by atoms with E-state index in [-0.39, 0.29) is 11.5 Å². The van der Waals surface area contributed by atoms with Crippen LogP contribution < -0.4 is 20.2 Å². The van der Waals surface area contributed by atoms with E-state index < -0.39 is 0 Å². The van der Waals surface area contributed by atoms with Gasteiger partial charge in [0.1, 0.15) is 44.3 Å². The molecule has 0 radical (unpaired) electrons. The number of aromatic nitrogens is 4. The maximum Gasteiger partial charge on any atom is 0.373 e. The molecular weight excluding hydrogens is 375 g/mol. The largest absolute Gasteiger partial charge is 0.496 e. The Labute approximate surface area is 167 Å². The average molecular weight is 400 g/mol. The van der Waals surface area contributed by atoms with E-state index >= 15 is 0 Å². The third-order valence-corrected chi connectivity index (χ3v) is 5.36. The SMILES string of the molecule is COc1ccc(F)cc1C[NH+]1CC[NH+](Cn2nnn(-c3ccccc3)c2=O)CC1. The van der Waals surface area contributed by atoms with Gasteiger partial charge in [0.05, 0.1) is 18.4 Å². The van der Waals surface area contributed by atoms with Crippen LogP contribution in [-0.4, -0.2) is 53.1 Å². The van der Waals surface area contributed by atoms with Crippen molar-refractivity contribution in [2.75, 3.05) is 33.3 Å². The highest BCUT2D eigenvalue weighted by atomic mass is 19.1. The van der Waals surface area contributed by atoms with Gasteiger partial charge in [0.15, 0.2) is 6.67 Å². The van der Waals surface area contributed by atoms with Crippen molar-refractivity contribution in [1.82, 2.24) is 19.8 Å². The second kappa shape index (κ2) is 8.54. The smallest absolute Gasteiger partial charge is 0.373 e. The van der Waals surface area contributed by atoms with Crippen molar-refractivity contribution in [3.8, 4) is 11.4 Å². The number of hydrogen-bond acceptors (Lipinski definition) is 4. The maximum absolute atomic E-state index is 13.6. The van der Waals surface area contributed by atoms with Gasteiger partial charge in [-0.25, -0.2) is 9.18 Å². The molecule has 1 fully saturated rings. The van der Waals surface area contributed by atoms with Gasteiger partial charge in [-0.2, -0.15) is 4.68 Å². The molecule has 29 heavy (non-hydrogen) atoms. The van der Waals surface area contributed by atoms with Crippen LogP contribution in [0.1, 0.15) is 5.56 Å². The van der Waals surface area contributed by atoms with Gasteiger partial charge in [-0.05, 0) is 40.8 Å². The van der Waals surface area contributed by atoms with Gasteiger partial charge in [0, 0.05) is 0 Å². The van der Waals surface area contributed by atoms with E-state index in [1.54, 1.807) is 19.2 Å². The molecule has 4 rings (SSSR count). The van der Waals surface area contributed by atoms with Gasteiger partial charge in [-0.15, -0.1) is 4.68 Å². The Morgan fingerprint density at radius 1 is 1.03 bits per heavy atom. The zero-order chi connectivity index (χ0) is 20.2. The Bertz CT molecular complexity index is 1010. The van der Waals surface area contributed by atoms with Crippen LogP contribution in [0.3, 0.4) is 0 Å². The number of nitrogens with one attached hydrogen (secondary N) is 2. The standard InChI is InChI=1S/C20H23FN6O2/c1-29-19-8-7-17(21)13-16(19)14-24-9-11-25(12-10-24)15-26-20(28)27(23-22-26)18-5-3-2-4-6-18/h2-8,13H,9-12,14-15H2,1H3/p+2. The van der Waals surface area contributed by atoms with Crippen LogP contribution in [0.15, 0.2) is 53.3 Å². The van der Waals surface area contributed by atoms with E-state index in [0.717, 1.165) is 44.0 Å². The van der Waals surface area contributed by atoms with Crippen LogP contribution in [-0.2, 0) is 13.2 Å². The lowest BCUT2D eigenvalue weighted by Gasteiger charge is -2.29. The van der Waals surface area contributed by atoms with Crippen LogP contribution in [0, 0.1) is 5.82 Å². The van der Waals surface area contributed by atoms with Gasteiger partial charge in [0.2, 0.25) is 0 Å². The lowest BCUT2D eigenvalue weighted by Crippen LogP contribution is -3.27. The minimum atomic E-state index is -0.245. The Kier molecular flexibility index (Phi) is 5.68. The summed E-state index contributed by atoms with van der Waals surface area (Å²) < 4.78 is 21.7. The van der Waals surface area contributed by atoms with Crippen molar-refractivity contribution < 1.29 is 18.9 Å². The number of hydrogen-bond donors (Lipinski definition) is 2. The predicted molar refractivity (Wildman–Crippen MR) is 104 cm³/mol. The summed E-state index contributed by atoms with van der Waals surface area (Å²) >= 11 is 0. The molecule has 2 heterocycles. The maximum atomic E-state index is 13.6. The summed E-state index contributed by atoms with van der Waals surface area (Å²) in [6.07, 6.45) is 0. The van der Waals surface area contributed by atoms with Gasteiger partial charge in [-0.1, -0.05) is 18.2 Å². The molecule has 3 aromatic rings. The number of nitrogens with zero attached hydrogens (tertiary/aromatic N) is 4. The summed E-state index contributed by atoms with van der Waals surface area (Å²) in [5, 5.41) is 8.04. The number of halogens is 1. The summed E-state index contributed by atoms with van der Waals surface area (Å²) in [6.45, 7) is 4.86. The first kappa shape index (κ1) is 19.3. The number of ether oxygens (including phenoxy) is 1. The summed E-state index contributed by atoms with van der Waals surface area (Å²) in [5.41, 5.74) is 1.35. The Morgan fingerprint density at radius 3 is 2.48 bits per heavy atom. The van der Waals surface area contributed by atoms with Crippen molar-refractivity contribution in [1.29, 1.82) is 0 Å². The molecule has 0 unspecified atom stereocenters. The fraction of sp³-hybridized carbons (Fsp3) is 0.350. The van der Waals surface area contributed by atoms with E-state index in [4.69, 9.17) is 4.74 Å². The molecule has 2 aromatic carbocycles. The van der Waals surface area contributed by atoms with Gasteiger partial charge in [-0.3, -0.25) is 0 Å². The van der Waals surface area contributed by atoms with Crippen LogP contribution in [0.2, 0.25) is 0 Å². The summed E-state index contributed by atoms with van der Waals surface area (Å²) in [6, 6.07) is 13.9. The van der Waals surface area contributed by atoms with Gasteiger partial charge in [0.25, 0.3) is 0 Å². The first-order chi connectivity index (χ1) is 14.1. The number of piperazine rings is 1. The molecule has 8 nitrogen and oxygen atoms in total. The van der Waals surface area contributed by atoms with Crippen molar-refractivity contribution in [2.24, 2.45) is 0 Å². The normalized spacial score (nSPS) is 19.2. The van der Waals surface area contributed by atoms with Gasteiger partial charge >= 0.3 is 5.69 Å². The molecular formula is C20H25FN6O2+2. The van der Waals surface area contributed by atoms with Crippen LogP contribution in [0.4, 0.5) is 4.39 Å². The molecule has 1 aliphatic heterocycles. The first-order valence-corrected chi connectivity index (χ1v) is 9.72. The quantitative estimate of drug-likeness (QED) is 0.530. The first-order valence-electron chi connectivity index (χ1n) is 9.72. The minimum absolute atomic E-state index is 0.233. The number of tetrazole rings is 1. The molecule has 0 spiro atoms. The van der Waals surface area contributed by atoms with E-state index in [1.807, 2.05) is 30.3 Å². The molecule has 152 valence electrons. The monoisotopic (exact) mass is 400 g/mol. The Morgan fingerprint density at radius 2 is 1.76 bits per heavy atom. The number of para-hydroxylation sites is 1. The molecule has 1 aliphatic rings. The summed E-state index contributed by atoms with van der Waals surface area (Å²) in [5.74, 6) is 0.475. The minimum Gasteiger partial charge on any atom is -0.496 e. The Hall–Kier alpha value is -3.04. The van der Waals surface area contributed by atoms with Crippen LogP contribution in [0.25, 0.3) is 5.69 Å². The van der Waals surface area contributed by atoms with Crippen molar-refractivity contribution in [3.63, 3.8) is 0 Å². The molecule has 1 aromatic heterocycles. The highest BCUT2D eigenvalue weighted by molar-refractivity contribution is 5.33. The zero-order valence-electron chi connectivity index (χ0n) is 16.3. The highest BCUT2D eigenvalue weighted by Gasteiger charge is 2.25. The summed E-state index contributed by atoms with van der Waals surface area (Å²) in [4.78, 5) is 15.2. The Balaban J connectivity index is 1.36. The van der Waals surface area contributed by atoms with Gasteiger partial charge < -0.3 is 14.5 Å².